The van der Waals surface area contributed by atoms with Gasteiger partial charge in [-0.25, -0.2) is 8.42 Å². The van der Waals surface area contributed by atoms with Gasteiger partial charge in [0.15, 0.2) is 9.84 Å². The molecule has 0 aliphatic carbocycles. The molecular weight excluding hydrogens is 290 g/mol. The fraction of sp³-hybridized carbons (Fsp3) is 0.500. The second kappa shape index (κ2) is 6.91. The van der Waals surface area contributed by atoms with E-state index in [2.05, 4.69) is 5.32 Å². The van der Waals surface area contributed by atoms with Crippen molar-refractivity contribution < 1.29 is 13.2 Å². The standard InChI is InChI=1S/C14H21N3O3S/c15-12-2-4-13(5-3-12)16-14(18)6-8-17-7-1-10-21(19,20)11-9-17/h2-5H,1,6-11,15H2,(H,16,18). The maximum absolute atomic E-state index is 11.9. The van der Waals surface area contributed by atoms with Gasteiger partial charge in [0.1, 0.15) is 0 Å². The Kier molecular flexibility index (Phi) is 5.19. The lowest BCUT2D eigenvalue weighted by molar-refractivity contribution is -0.116. The van der Waals surface area contributed by atoms with Crippen molar-refractivity contribution in [2.75, 3.05) is 42.2 Å². The van der Waals surface area contributed by atoms with Crippen LogP contribution in [0.3, 0.4) is 0 Å². The van der Waals surface area contributed by atoms with E-state index in [4.69, 9.17) is 5.73 Å². The van der Waals surface area contributed by atoms with E-state index in [0.717, 1.165) is 6.54 Å². The molecule has 0 radical (unpaired) electrons. The van der Waals surface area contributed by atoms with E-state index in [1.165, 1.54) is 0 Å². The molecule has 0 aromatic heterocycles. The molecule has 1 heterocycles. The third kappa shape index (κ3) is 5.35. The van der Waals surface area contributed by atoms with Gasteiger partial charge in [0.2, 0.25) is 5.91 Å². The van der Waals surface area contributed by atoms with Crippen LogP contribution in [0.15, 0.2) is 24.3 Å². The van der Waals surface area contributed by atoms with Crippen molar-refractivity contribution in [3.63, 3.8) is 0 Å². The molecule has 1 fully saturated rings. The van der Waals surface area contributed by atoms with Gasteiger partial charge in [-0.1, -0.05) is 0 Å². The number of nitrogens with one attached hydrogen (secondary N) is 1. The molecule has 0 unspecified atom stereocenters. The molecule has 6 nitrogen and oxygen atoms in total. The molecule has 1 aromatic rings. The summed E-state index contributed by atoms with van der Waals surface area (Å²) in [6, 6.07) is 6.97. The van der Waals surface area contributed by atoms with Crippen LogP contribution >= 0.6 is 0 Å². The van der Waals surface area contributed by atoms with Crippen molar-refractivity contribution in [2.45, 2.75) is 12.8 Å². The van der Waals surface area contributed by atoms with Crippen molar-refractivity contribution in [1.29, 1.82) is 0 Å². The molecule has 0 spiro atoms. The number of amides is 1. The number of rotatable bonds is 4. The number of sulfone groups is 1. The van der Waals surface area contributed by atoms with Gasteiger partial charge in [-0.15, -0.1) is 0 Å². The molecule has 0 saturated carbocycles. The molecule has 2 rings (SSSR count). The van der Waals surface area contributed by atoms with E-state index < -0.39 is 9.84 Å². The number of anilines is 2. The van der Waals surface area contributed by atoms with Gasteiger partial charge in [-0.2, -0.15) is 0 Å². The van der Waals surface area contributed by atoms with Crippen molar-refractivity contribution >= 4 is 27.1 Å². The predicted octanol–water partition coefficient (Wildman–Crippen LogP) is 0.718. The molecule has 0 bridgehead atoms. The molecule has 0 atom stereocenters. The molecule has 21 heavy (non-hydrogen) atoms. The Morgan fingerprint density at radius 1 is 1.19 bits per heavy atom. The highest BCUT2D eigenvalue weighted by Gasteiger charge is 2.19. The van der Waals surface area contributed by atoms with Crippen LogP contribution in [0.4, 0.5) is 11.4 Å². The summed E-state index contributed by atoms with van der Waals surface area (Å²) in [6.45, 7) is 1.82. The molecule has 1 aliphatic rings. The minimum atomic E-state index is -2.90. The van der Waals surface area contributed by atoms with Gasteiger partial charge >= 0.3 is 0 Å². The summed E-state index contributed by atoms with van der Waals surface area (Å²) in [7, 11) is -2.90. The van der Waals surface area contributed by atoms with E-state index in [1.807, 2.05) is 4.90 Å². The lowest BCUT2D eigenvalue weighted by Crippen LogP contribution is -2.30. The van der Waals surface area contributed by atoms with Crippen LogP contribution in [-0.2, 0) is 14.6 Å². The van der Waals surface area contributed by atoms with E-state index >= 15 is 0 Å². The summed E-state index contributed by atoms with van der Waals surface area (Å²) >= 11 is 0. The Hall–Kier alpha value is -1.60. The molecule has 116 valence electrons. The SMILES string of the molecule is Nc1ccc(NC(=O)CCN2CCCS(=O)(=O)CC2)cc1. The highest BCUT2D eigenvalue weighted by Crippen LogP contribution is 2.11. The molecule has 1 amide bonds. The summed E-state index contributed by atoms with van der Waals surface area (Å²) in [5, 5.41) is 2.80. The maximum atomic E-state index is 11.9. The second-order valence-corrected chi connectivity index (χ2v) is 7.57. The van der Waals surface area contributed by atoms with Gasteiger partial charge in [0, 0.05) is 30.9 Å². The van der Waals surface area contributed by atoms with E-state index in [0.29, 0.717) is 37.3 Å². The third-order valence-corrected chi connectivity index (χ3v) is 5.21. The zero-order valence-corrected chi connectivity index (χ0v) is 12.7. The lowest BCUT2D eigenvalue weighted by Gasteiger charge is -2.18. The van der Waals surface area contributed by atoms with Crippen molar-refractivity contribution in [3.05, 3.63) is 24.3 Å². The van der Waals surface area contributed by atoms with E-state index in [9.17, 15) is 13.2 Å². The van der Waals surface area contributed by atoms with Crippen LogP contribution in [0.25, 0.3) is 0 Å². The van der Waals surface area contributed by atoms with Gasteiger partial charge in [0.25, 0.3) is 0 Å². The molecule has 1 aromatic carbocycles. The van der Waals surface area contributed by atoms with Crippen LogP contribution in [0.2, 0.25) is 0 Å². The fourth-order valence-corrected chi connectivity index (χ4v) is 3.57. The first-order valence-corrected chi connectivity index (χ1v) is 8.85. The number of nitrogens with two attached hydrogens (primary N) is 1. The number of hydrogen-bond donors (Lipinski definition) is 2. The highest BCUT2D eigenvalue weighted by atomic mass is 32.2. The van der Waals surface area contributed by atoms with E-state index in [-0.39, 0.29) is 17.4 Å². The number of carbonyl (C=O) groups is 1. The van der Waals surface area contributed by atoms with Gasteiger partial charge in [-0.05, 0) is 37.2 Å². The molecular formula is C14H21N3O3S. The van der Waals surface area contributed by atoms with Crippen LogP contribution in [-0.4, -0.2) is 50.4 Å². The highest BCUT2D eigenvalue weighted by molar-refractivity contribution is 7.91. The number of nitrogens with zero attached hydrogens (tertiary/aromatic N) is 1. The number of carbonyl (C=O) groups excluding carboxylic acids is 1. The Morgan fingerprint density at radius 3 is 2.62 bits per heavy atom. The van der Waals surface area contributed by atoms with Crippen LogP contribution in [0, 0.1) is 0 Å². The first-order valence-electron chi connectivity index (χ1n) is 7.03. The molecule has 3 N–H and O–H groups in total. The van der Waals surface area contributed by atoms with Crippen molar-refractivity contribution in [2.24, 2.45) is 0 Å². The number of benzene rings is 1. The van der Waals surface area contributed by atoms with Crippen molar-refractivity contribution in [1.82, 2.24) is 4.90 Å². The average molecular weight is 311 g/mol. The second-order valence-electron chi connectivity index (χ2n) is 5.27. The first kappa shape index (κ1) is 15.8. The Balaban J connectivity index is 1.77. The lowest BCUT2D eigenvalue weighted by atomic mass is 10.2. The third-order valence-electron chi connectivity index (χ3n) is 3.50. The predicted molar refractivity (Wildman–Crippen MR) is 83.8 cm³/mol. The minimum Gasteiger partial charge on any atom is -0.399 e. The summed E-state index contributed by atoms with van der Waals surface area (Å²) in [6.07, 6.45) is 0.992. The van der Waals surface area contributed by atoms with Crippen LogP contribution < -0.4 is 11.1 Å². The Morgan fingerprint density at radius 2 is 1.90 bits per heavy atom. The summed E-state index contributed by atoms with van der Waals surface area (Å²) in [5.74, 6) is 0.361. The van der Waals surface area contributed by atoms with Gasteiger partial charge in [0.05, 0.1) is 11.5 Å². The molecule has 7 heteroatoms. The summed E-state index contributed by atoms with van der Waals surface area (Å²) in [5.41, 5.74) is 6.95. The zero-order chi connectivity index (χ0) is 15.3. The van der Waals surface area contributed by atoms with Gasteiger partial charge < -0.3 is 16.0 Å². The zero-order valence-electron chi connectivity index (χ0n) is 11.9. The normalized spacial score (nSPS) is 18.9. The minimum absolute atomic E-state index is 0.0770. The van der Waals surface area contributed by atoms with Crippen molar-refractivity contribution in [3.8, 4) is 0 Å². The van der Waals surface area contributed by atoms with E-state index in [1.54, 1.807) is 24.3 Å². The number of hydrogen-bond acceptors (Lipinski definition) is 5. The summed E-state index contributed by atoms with van der Waals surface area (Å²) < 4.78 is 23.0. The molecule has 1 aliphatic heterocycles. The van der Waals surface area contributed by atoms with Crippen LogP contribution in [0.5, 0.6) is 0 Å². The Labute approximate surface area is 125 Å². The van der Waals surface area contributed by atoms with Gasteiger partial charge in [-0.3, -0.25) is 4.79 Å². The average Bonchev–Trinajstić information content (AvgIpc) is 2.60. The molecule has 1 saturated heterocycles. The first-order chi connectivity index (χ1) is 9.94. The smallest absolute Gasteiger partial charge is 0.225 e. The largest absolute Gasteiger partial charge is 0.399 e. The van der Waals surface area contributed by atoms with Crippen LogP contribution in [0.1, 0.15) is 12.8 Å². The Bertz CT molecular complexity index is 584. The monoisotopic (exact) mass is 311 g/mol. The number of nitrogen functional groups attached to an aromatic ring is 1. The topological polar surface area (TPSA) is 92.5 Å². The quantitative estimate of drug-likeness (QED) is 0.799. The summed E-state index contributed by atoms with van der Waals surface area (Å²) in [4.78, 5) is 13.9. The maximum Gasteiger partial charge on any atom is 0.225 e. The fourth-order valence-electron chi connectivity index (χ4n) is 2.26.